The van der Waals surface area contributed by atoms with Crippen LogP contribution in [0.2, 0.25) is 10.0 Å². The molecule has 0 heterocycles. The van der Waals surface area contributed by atoms with Gasteiger partial charge in [0.2, 0.25) is 11.8 Å². The molecule has 0 aliphatic carbocycles. The standard InChI is InChI=1S/C28H30Cl2N2O2/c1-19(2)31-28(34)20(3)32(18-23-14-15-24(29)16-26(23)30)27(33)17-25(21-10-6-4-7-11-21)22-12-8-5-9-13-22/h4-16,19-20,25H,17-18H2,1-3H3,(H,31,34). The minimum absolute atomic E-state index is 0.0348. The van der Waals surface area contributed by atoms with Gasteiger partial charge in [0.1, 0.15) is 6.04 Å². The van der Waals surface area contributed by atoms with E-state index >= 15 is 0 Å². The van der Waals surface area contributed by atoms with Gasteiger partial charge < -0.3 is 10.2 Å². The zero-order valence-electron chi connectivity index (χ0n) is 19.7. The maximum absolute atomic E-state index is 13.8. The van der Waals surface area contributed by atoms with E-state index < -0.39 is 6.04 Å². The zero-order chi connectivity index (χ0) is 24.7. The number of halogens is 2. The molecule has 3 aromatic carbocycles. The average Bonchev–Trinajstić information content (AvgIpc) is 2.82. The molecule has 0 radical (unpaired) electrons. The Balaban J connectivity index is 1.94. The van der Waals surface area contributed by atoms with Crippen LogP contribution in [-0.2, 0) is 16.1 Å². The number of rotatable bonds is 9. The van der Waals surface area contributed by atoms with Gasteiger partial charge >= 0.3 is 0 Å². The number of hydrogen-bond acceptors (Lipinski definition) is 2. The lowest BCUT2D eigenvalue weighted by molar-refractivity contribution is -0.141. The fraction of sp³-hybridized carbons (Fsp3) is 0.286. The topological polar surface area (TPSA) is 49.4 Å². The largest absolute Gasteiger partial charge is 0.352 e. The quantitative estimate of drug-likeness (QED) is 0.369. The molecule has 0 aliphatic heterocycles. The minimum atomic E-state index is -0.672. The second-order valence-electron chi connectivity index (χ2n) is 8.67. The minimum Gasteiger partial charge on any atom is -0.352 e. The van der Waals surface area contributed by atoms with Gasteiger partial charge in [-0.2, -0.15) is 0 Å². The maximum Gasteiger partial charge on any atom is 0.242 e. The predicted octanol–water partition coefficient (Wildman–Crippen LogP) is 6.46. The first-order chi connectivity index (χ1) is 16.3. The number of nitrogens with one attached hydrogen (secondary N) is 1. The number of benzene rings is 3. The predicted molar refractivity (Wildman–Crippen MR) is 139 cm³/mol. The number of nitrogens with zero attached hydrogens (tertiary/aromatic N) is 1. The molecular weight excluding hydrogens is 467 g/mol. The van der Waals surface area contributed by atoms with Gasteiger partial charge in [-0.3, -0.25) is 9.59 Å². The summed E-state index contributed by atoms with van der Waals surface area (Å²) in [5, 5.41) is 3.90. The van der Waals surface area contributed by atoms with E-state index in [9.17, 15) is 9.59 Å². The Hall–Kier alpha value is -2.82. The fourth-order valence-electron chi connectivity index (χ4n) is 3.91. The van der Waals surface area contributed by atoms with Crippen LogP contribution in [0.4, 0.5) is 0 Å². The van der Waals surface area contributed by atoms with Gasteiger partial charge in [0.05, 0.1) is 0 Å². The normalized spacial score (nSPS) is 12.0. The Labute approximate surface area is 211 Å². The summed E-state index contributed by atoms with van der Waals surface area (Å²) in [5.41, 5.74) is 2.83. The van der Waals surface area contributed by atoms with Gasteiger partial charge in [-0.25, -0.2) is 0 Å². The van der Waals surface area contributed by atoms with Gasteiger partial charge in [0.25, 0.3) is 0 Å². The summed E-state index contributed by atoms with van der Waals surface area (Å²) in [6.07, 6.45) is 0.221. The van der Waals surface area contributed by atoms with Crippen molar-refractivity contribution in [3.8, 4) is 0 Å². The molecule has 3 rings (SSSR count). The number of carbonyl (C=O) groups is 2. The first kappa shape index (κ1) is 25.8. The van der Waals surface area contributed by atoms with Crippen molar-refractivity contribution in [3.63, 3.8) is 0 Å². The lowest BCUT2D eigenvalue weighted by atomic mass is 9.88. The molecule has 0 aromatic heterocycles. The number of amides is 2. The summed E-state index contributed by atoms with van der Waals surface area (Å²) in [7, 11) is 0. The second-order valence-corrected chi connectivity index (χ2v) is 9.52. The van der Waals surface area contributed by atoms with Gasteiger partial charge in [0.15, 0.2) is 0 Å². The Kier molecular flexibility index (Phi) is 9.14. The summed E-state index contributed by atoms with van der Waals surface area (Å²) in [6.45, 7) is 5.75. The molecule has 4 nitrogen and oxygen atoms in total. The smallest absolute Gasteiger partial charge is 0.242 e. The molecule has 6 heteroatoms. The Morgan fingerprint density at radius 3 is 1.91 bits per heavy atom. The van der Waals surface area contributed by atoms with E-state index in [4.69, 9.17) is 23.2 Å². The number of hydrogen-bond donors (Lipinski definition) is 1. The molecular formula is C28H30Cl2N2O2. The first-order valence-corrected chi connectivity index (χ1v) is 12.2. The van der Waals surface area contributed by atoms with Crippen LogP contribution in [0, 0.1) is 0 Å². The Morgan fingerprint density at radius 2 is 1.41 bits per heavy atom. The third-order valence-corrected chi connectivity index (χ3v) is 6.32. The highest BCUT2D eigenvalue weighted by Gasteiger charge is 2.29. The van der Waals surface area contributed by atoms with Crippen LogP contribution in [0.15, 0.2) is 78.9 Å². The monoisotopic (exact) mass is 496 g/mol. The van der Waals surface area contributed by atoms with Crippen molar-refractivity contribution in [2.24, 2.45) is 0 Å². The van der Waals surface area contributed by atoms with Crippen molar-refractivity contribution in [1.82, 2.24) is 10.2 Å². The van der Waals surface area contributed by atoms with Crippen molar-refractivity contribution < 1.29 is 9.59 Å². The van der Waals surface area contributed by atoms with Crippen LogP contribution >= 0.6 is 23.2 Å². The van der Waals surface area contributed by atoms with Gasteiger partial charge in [-0.15, -0.1) is 0 Å². The highest BCUT2D eigenvalue weighted by molar-refractivity contribution is 6.35. The van der Waals surface area contributed by atoms with Gasteiger partial charge in [0, 0.05) is 35.0 Å². The molecule has 0 spiro atoms. The molecule has 2 amide bonds. The van der Waals surface area contributed by atoms with E-state index in [1.165, 1.54) is 0 Å². The van der Waals surface area contributed by atoms with Crippen LogP contribution in [0.25, 0.3) is 0 Å². The Bertz CT molecular complexity index is 1060. The number of carbonyl (C=O) groups excluding carboxylic acids is 2. The van der Waals surface area contributed by atoms with Gasteiger partial charge in [-0.1, -0.05) is 89.9 Å². The van der Waals surface area contributed by atoms with Crippen molar-refractivity contribution in [2.45, 2.75) is 51.7 Å². The van der Waals surface area contributed by atoms with E-state index in [1.54, 1.807) is 30.0 Å². The van der Waals surface area contributed by atoms with Crippen molar-refractivity contribution in [2.75, 3.05) is 0 Å². The first-order valence-electron chi connectivity index (χ1n) is 11.4. The SMILES string of the molecule is CC(C)NC(=O)C(C)N(Cc1ccc(Cl)cc1Cl)C(=O)CC(c1ccccc1)c1ccccc1. The van der Waals surface area contributed by atoms with Crippen molar-refractivity contribution in [3.05, 3.63) is 106 Å². The lowest BCUT2D eigenvalue weighted by Gasteiger charge is -2.31. The second kappa shape index (κ2) is 12.0. The van der Waals surface area contributed by atoms with E-state index in [0.29, 0.717) is 10.0 Å². The van der Waals surface area contributed by atoms with Gasteiger partial charge in [-0.05, 0) is 49.6 Å². The van der Waals surface area contributed by atoms with Crippen molar-refractivity contribution >= 4 is 35.0 Å². The van der Waals surface area contributed by atoms with Crippen LogP contribution < -0.4 is 5.32 Å². The summed E-state index contributed by atoms with van der Waals surface area (Å²) >= 11 is 12.5. The summed E-state index contributed by atoms with van der Waals surface area (Å²) in [6, 6.07) is 24.4. The molecule has 1 unspecified atom stereocenters. The lowest BCUT2D eigenvalue weighted by Crippen LogP contribution is -2.49. The molecule has 0 saturated carbocycles. The van der Waals surface area contributed by atoms with Crippen LogP contribution in [-0.4, -0.2) is 28.8 Å². The molecule has 3 aromatic rings. The average molecular weight is 497 g/mol. The summed E-state index contributed by atoms with van der Waals surface area (Å²) < 4.78 is 0. The molecule has 0 fully saturated rings. The van der Waals surface area contributed by atoms with Crippen LogP contribution in [0.1, 0.15) is 49.8 Å². The highest BCUT2D eigenvalue weighted by Crippen LogP contribution is 2.30. The molecule has 34 heavy (non-hydrogen) atoms. The fourth-order valence-corrected chi connectivity index (χ4v) is 4.38. The molecule has 1 atom stereocenters. The zero-order valence-corrected chi connectivity index (χ0v) is 21.2. The molecule has 178 valence electrons. The third-order valence-electron chi connectivity index (χ3n) is 5.74. The van der Waals surface area contributed by atoms with Crippen LogP contribution in [0.5, 0.6) is 0 Å². The molecule has 0 bridgehead atoms. The van der Waals surface area contributed by atoms with Crippen LogP contribution in [0.3, 0.4) is 0 Å². The molecule has 0 aliphatic rings. The van der Waals surface area contributed by atoms with E-state index in [2.05, 4.69) is 5.32 Å². The summed E-state index contributed by atoms with van der Waals surface area (Å²) in [5.74, 6) is -0.474. The summed E-state index contributed by atoms with van der Waals surface area (Å²) in [4.78, 5) is 28.3. The van der Waals surface area contributed by atoms with E-state index in [0.717, 1.165) is 16.7 Å². The molecule has 0 saturated heterocycles. The van der Waals surface area contributed by atoms with Crippen molar-refractivity contribution in [1.29, 1.82) is 0 Å². The maximum atomic E-state index is 13.8. The van der Waals surface area contributed by atoms with E-state index in [-0.39, 0.29) is 36.7 Å². The molecule has 1 N–H and O–H groups in total. The van der Waals surface area contributed by atoms with E-state index in [1.807, 2.05) is 74.5 Å². The Morgan fingerprint density at radius 1 is 0.853 bits per heavy atom. The highest BCUT2D eigenvalue weighted by atomic mass is 35.5. The third kappa shape index (κ3) is 6.85.